The topological polar surface area (TPSA) is 39.2 Å². The molecular weight excluding hydrogens is 372 g/mol. The second-order valence-corrected chi connectivity index (χ2v) is 5.81. The fourth-order valence-corrected chi connectivity index (χ4v) is 2.06. The van der Waals surface area contributed by atoms with E-state index in [0.717, 1.165) is 11.3 Å². The smallest absolute Gasteiger partial charge is 0.359 e. The molecule has 0 spiro atoms. The molecule has 1 atom stereocenters. The first-order chi connectivity index (χ1) is 9.50. The van der Waals surface area contributed by atoms with Gasteiger partial charge in [-0.2, -0.15) is 0 Å². The Balaban J connectivity index is 2.05. The Morgan fingerprint density at radius 1 is 1.30 bits per heavy atom. The monoisotopic (exact) mass is 385 g/mol. The number of hydrogen-bond donors (Lipinski definition) is 0. The van der Waals surface area contributed by atoms with Gasteiger partial charge in [-0.3, -0.25) is 4.98 Å². The Kier molecular flexibility index (Phi) is 4.69. The number of rotatable bonds is 4. The first-order valence-corrected chi connectivity index (χ1v) is 7.10. The fraction of sp³-hybridized carbons (Fsp3) is 0.200. The molecule has 1 heterocycles. The third kappa shape index (κ3) is 3.53. The van der Waals surface area contributed by atoms with Crippen LogP contribution in [0.25, 0.3) is 0 Å². The normalized spacial score (nSPS) is 13.6. The highest BCUT2D eigenvalue weighted by atomic mass is 127. The lowest BCUT2D eigenvalue weighted by molar-refractivity contribution is -0.152. The summed E-state index contributed by atoms with van der Waals surface area (Å²) in [6.45, 7) is 1.85. The predicted molar refractivity (Wildman–Crippen MR) is 82.0 cm³/mol. The number of carbonyl (C=O) groups is 1. The van der Waals surface area contributed by atoms with Gasteiger partial charge in [-0.25, -0.2) is 9.18 Å². The number of hydrogen-bond acceptors (Lipinski definition) is 3. The second-order valence-electron chi connectivity index (χ2n) is 4.32. The number of carbonyl (C=O) groups excluding carboxylic acids is 1. The number of nitrogens with zero attached hydrogens (tertiary/aromatic N) is 1. The van der Waals surface area contributed by atoms with Gasteiger partial charge in [0.1, 0.15) is 6.61 Å². The molecule has 0 bridgehead atoms. The Morgan fingerprint density at radius 2 is 2.00 bits per heavy atom. The highest BCUT2D eigenvalue weighted by molar-refractivity contribution is 14.1. The lowest BCUT2D eigenvalue weighted by Gasteiger charge is -2.17. The van der Waals surface area contributed by atoms with Crippen molar-refractivity contribution in [1.82, 2.24) is 4.98 Å². The van der Waals surface area contributed by atoms with Crippen molar-refractivity contribution in [2.75, 3.05) is 0 Å². The van der Waals surface area contributed by atoms with Crippen LogP contribution in [0.4, 0.5) is 4.39 Å². The first-order valence-electron chi connectivity index (χ1n) is 6.02. The number of ether oxygens (including phenoxy) is 1. The second kappa shape index (κ2) is 6.30. The van der Waals surface area contributed by atoms with Crippen molar-refractivity contribution in [1.29, 1.82) is 0 Å². The minimum absolute atomic E-state index is 0.0492. The summed E-state index contributed by atoms with van der Waals surface area (Å²) in [4.78, 5) is 15.9. The molecular formula is C15H13FINO2. The van der Waals surface area contributed by atoms with E-state index >= 15 is 0 Å². The predicted octanol–water partition coefficient (Wildman–Crippen LogP) is 3.69. The van der Waals surface area contributed by atoms with Gasteiger partial charge in [-0.05, 0) is 41.1 Å². The molecule has 3 nitrogen and oxygen atoms in total. The summed E-state index contributed by atoms with van der Waals surface area (Å²) in [5.74, 6) is -0.924. The Hall–Kier alpha value is -1.50. The lowest BCUT2D eigenvalue weighted by atomic mass is 10.1. The highest BCUT2D eigenvalue weighted by Gasteiger charge is 2.39. The summed E-state index contributed by atoms with van der Waals surface area (Å²) in [6.07, 6.45) is 1.35. The average Bonchev–Trinajstić information content (AvgIpc) is 2.46. The molecule has 2 rings (SSSR count). The molecule has 0 aliphatic carbocycles. The number of halogens is 2. The number of esters is 1. The van der Waals surface area contributed by atoms with Crippen LogP contribution in [-0.2, 0) is 19.8 Å². The van der Waals surface area contributed by atoms with E-state index in [2.05, 4.69) is 4.98 Å². The van der Waals surface area contributed by atoms with Gasteiger partial charge >= 0.3 is 5.97 Å². The van der Waals surface area contributed by atoms with E-state index in [4.69, 9.17) is 4.74 Å². The van der Waals surface area contributed by atoms with Gasteiger partial charge in [0.05, 0.1) is 0 Å². The van der Waals surface area contributed by atoms with Crippen molar-refractivity contribution in [2.45, 2.75) is 17.2 Å². The maximum atomic E-state index is 14.5. The van der Waals surface area contributed by atoms with Crippen LogP contribution in [0.5, 0.6) is 0 Å². The minimum atomic E-state index is -2.23. The molecule has 0 N–H and O–H groups in total. The summed E-state index contributed by atoms with van der Waals surface area (Å²) >= 11 is 1.44. The maximum absolute atomic E-state index is 14.5. The third-order valence-electron chi connectivity index (χ3n) is 2.74. The van der Waals surface area contributed by atoms with E-state index < -0.39 is 9.64 Å². The summed E-state index contributed by atoms with van der Waals surface area (Å²) in [6, 6.07) is 12.4. The fourth-order valence-electron chi connectivity index (χ4n) is 1.59. The molecule has 1 aromatic heterocycles. The van der Waals surface area contributed by atoms with Crippen LogP contribution in [0.2, 0.25) is 0 Å². The number of benzene rings is 1. The van der Waals surface area contributed by atoms with E-state index in [1.807, 2.05) is 30.3 Å². The van der Waals surface area contributed by atoms with Crippen LogP contribution in [0, 0.1) is 6.92 Å². The molecule has 0 aliphatic heterocycles. The summed E-state index contributed by atoms with van der Waals surface area (Å²) in [7, 11) is 0. The summed E-state index contributed by atoms with van der Waals surface area (Å²) in [5, 5.41) is 0. The van der Waals surface area contributed by atoms with Gasteiger partial charge in [0, 0.05) is 17.5 Å². The zero-order valence-electron chi connectivity index (χ0n) is 10.8. The van der Waals surface area contributed by atoms with Gasteiger partial charge in [-0.15, -0.1) is 0 Å². The standard InChI is InChI=1S/C15H13FINO2/c1-11-7-8-13(9-18-11)15(16,17)14(19)20-10-12-5-3-2-4-6-12/h2-9H,10H2,1H3. The van der Waals surface area contributed by atoms with Gasteiger partial charge in [0.2, 0.25) is 0 Å². The molecule has 0 saturated heterocycles. The van der Waals surface area contributed by atoms with Crippen molar-refractivity contribution >= 4 is 28.6 Å². The zero-order valence-corrected chi connectivity index (χ0v) is 13.0. The van der Waals surface area contributed by atoms with Gasteiger partial charge < -0.3 is 4.74 Å². The lowest BCUT2D eigenvalue weighted by Crippen LogP contribution is -2.26. The molecule has 0 radical (unpaired) electrons. The zero-order chi connectivity index (χ0) is 14.6. The van der Waals surface area contributed by atoms with Crippen LogP contribution in [0.15, 0.2) is 48.7 Å². The minimum Gasteiger partial charge on any atom is -0.458 e. The van der Waals surface area contributed by atoms with Crippen LogP contribution in [0.3, 0.4) is 0 Å². The SMILES string of the molecule is Cc1ccc(C(F)(I)C(=O)OCc2ccccc2)cn1. The molecule has 1 aromatic carbocycles. The molecule has 0 saturated carbocycles. The number of pyridine rings is 1. The van der Waals surface area contributed by atoms with Gasteiger partial charge in [0.25, 0.3) is 3.68 Å². The maximum Gasteiger partial charge on any atom is 0.359 e. The van der Waals surface area contributed by atoms with E-state index in [1.54, 1.807) is 19.1 Å². The molecule has 5 heteroatoms. The van der Waals surface area contributed by atoms with E-state index in [1.165, 1.54) is 28.8 Å². The Bertz CT molecular complexity index is 585. The first kappa shape index (κ1) is 14.9. The van der Waals surface area contributed by atoms with Crippen LogP contribution in [-0.4, -0.2) is 11.0 Å². The van der Waals surface area contributed by atoms with E-state index in [0.29, 0.717) is 0 Å². The number of aryl methyl sites for hydroxylation is 1. The number of alkyl halides is 2. The summed E-state index contributed by atoms with van der Waals surface area (Å²) in [5.41, 5.74) is 1.76. The molecule has 20 heavy (non-hydrogen) atoms. The van der Waals surface area contributed by atoms with E-state index in [9.17, 15) is 9.18 Å². The van der Waals surface area contributed by atoms with Gasteiger partial charge in [-0.1, -0.05) is 36.4 Å². The number of aromatic nitrogens is 1. The van der Waals surface area contributed by atoms with Crippen LogP contribution in [0.1, 0.15) is 16.8 Å². The van der Waals surface area contributed by atoms with Crippen LogP contribution >= 0.6 is 22.6 Å². The molecule has 0 fully saturated rings. The van der Waals surface area contributed by atoms with Crippen LogP contribution < -0.4 is 0 Å². The molecule has 104 valence electrons. The molecule has 2 aromatic rings. The molecule has 0 aliphatic rings. The van der Waals surface area contributed by atoms with Crippen molar-refractivity contribution in [3.63, 3.8) is 0 Å². The molecule has 0 amide bonds. The van der Waals surface area contributed by atoms with Crippen molar-refractivity contribution < 1.29 is 13.9 Å². The largest absolute Gasteiger partial charge is 0.458 e. The average molecular weight is 385 g/mol. The molecule has 1 unspecified atom stereocenters. The van der Waals surface area contributed by atoms with E-state index in [-0.39, 0.29) is 12.2 Å². The Labute approximate surface area is 130 Å². The Morgan fingerprint density at radius 3 is 2.60 bits per heavy atom. The summed E-state index contributed by atoms with van der Waals surface area (Å²) < 4.78 is 17.3. The van der Waals surface area contributed by atoms with Gasteiger partial charge in [0.15, 0.2) is 0 Å². The van der Waals surface area contributed by atoms with Crippen molar-refractivity contribution in [3.8, 4) is 0 Å². The van der Waals surface area contributed by atoms with Crippen molar-refractivity contribution in [2.24, 2.45) is 0 Å². The quantitative estimate of drug-likeness (QED) is 0.458. The highest BCUT2D eigenvalue weighted by Crippen LogP contribution is 2.35. The third-order valence-corrected chi connectivity index (χ3v) is 3.81. The van der Waals surface area contributed by atoms with Crippen molar-refractivity contribution in [3.05, 3.63) is 65.5 Å².